The van der Waals surface area contributed by atoms with E-state index in [-0.39, 0.29) is 0 Å². The fourth-order valence-electron chi connectivity index (χ4n) is 1.61. The Bertz CT molecular complexity index is 424. The van der Waals surface area contributed by atoms with E-state index in [9.17, 15) is 0 Å². The van der Waals surface area contributed by atoms with Crippen molar-refractivity contribution in [2.24, 2.45) is 0 Å². The van der Waals surface area contributed by atoms with Crippen molar-refractivity contribution >= 4 is 0 Å². The Kier molecular flexibility index (Phi) is 4.07. The normalized spacial score (nSPS) is 10.4. The topological polar surface area (TPSA) is 52.8 Å². The summed E-state index contributed by atoms with van der Waals surface area (Å²) in [5, 5.41) is 7.68. The molecule has 2 rings (SSSR count). The molecule has 0 N–H and O–H groups in total. The van der Waals surface area contributed by atoms with Crippen LogP contribution in [0.1, 0.15) is 18.5 Å². The molecule has 0 aliphatic rings. The standard InChI is InChI=1S/C12H16N4O/c1-17-12-6-5-11(13-10-12)4-2-3-8-16-9-7-14-15-16/h5-7,9-10H,2-4,8H2,1H3. The summed E-state index contributed by atoms with van der Waals surface area (Å²) in [6, 6.07) is 3.95. The molecule has 0 saturated heterocycles. The molecular formula is C12H16N4O. The molecule has 0 amide bonds. The van der Waals surface area contributed by atoms with Crippen LogP contribution in [0.25, 0.3) is 0 Å². The van der Waals surface area contributed by atoms with Gasteiger partial charge in [-0.1, -0.05) is 5.21 Å². The zero-order valence-electron chi connectivity index (χ0n) is 9.91. The van der Waals surface area contributed by atoms with Crippen LogP contribution in [-0.4, -0.2) is 27.1 Å². The van der Waals surface area contributed by atoms with Gasteiger partial charge in [0, 0.05) is 18.4 Å². The highest BCUT2D eigenvalue weighted by Crippen LogP contribution is 2.10. The Labute approximate surface area is 100 Å². The predicted molar refractivity (Wildman–Crippen MR) is 63.7 cm³/mol. The van der Waals surface area contributed by atoms with Crippen LogP contribution in [0.5, 0.6) is 5.75 Å². The average Bonchev–Trinajstić information content (AvgIpc) is 2.88. The second-order valence-electron chi connectivity index (χ2n) is 3.81. The van der Waals surface area contributed by atoms with E-state index in [4.69, 9.17) is 4.74 Å². The maximum absolute atomic E-state index is 5.06. The van der Waals surface area contributed by atoms with Crippen LogP contribution in [0.2, 0.25) is 0 Å². The molecule has 5 heteroatoms. The number of nitrogens with zero attached hydrogens (tertiary/aromatic N) is 4. The molecule has 0 bridgehead atoms. The second kappa shape index (κ2) is 5.98. The van der Waals surface area contributed by atoms with Crippen molar-refractivity contribution in [2.75, 3.05) is 7.11 Å². The van der Waals surface area contributed by atoms with Crippen molar-refractivity contribution in [2.45, 2.75) is 25.8 Å². The van der Waals surface area contributed by atoms with Crippen LogP contribution >= 0.6 is 0 Å². The summed E-state index contributed by atoms with van der Waals surface area (Å²) in [4.78, 5) is 4.32. The quantitative estimate of drug-likeness (QED) is 0.711. The van der Waals surface area contributed by atoms with Gasteiger partial charge in [0.25, 0.3) is 0 Å². The Morgan fingerprint density at radius 3 is 2.88 bits per heavy atom. The van der Waals surface area contributed by atoms with E-state index in [2.05, 4.69) is 15.3 Å². The summed E-state index contributed by atoms with van der Waals surface area (Å²) in [7, 11) is 1.65. The lowest BCUT2D eigenvalue weighted by Gasteiger charge is -2.03. The summed E-state index contributed by atoms with van der Waals surface area (Å²) in [5.41, 5.74) is 1.10. The minimum Gasteiger partial charge on any atom is -0.495 e. The molecule has 0 spiro atoms. The SMILES string of the molecule is COc1ccc(CCCCn2ccnn2)nc1. The number of pyridine rings is 1. The molecule has 5 nitrogen and oxygen atoms in total. The van der Waals surface area contributed by atoms with Gasteiger partial charge in [0.2, 0.25) is 0 Å². The third-order valence-electron chi connectivity index (χ3n) is 2.58. The number of hydrogen-bond donors (Lipinski definition) is 0. The van der Waals surface area contributed by atoms with E-state index in [0.29, 0.717) is 0 Å². The summed E-state index contributed by atoms with van der Waals surface area (Å²) in [6.07, 6.45) is 8.50. The van der Waals surface area contributed by atoms with Crippen LogP contribution in [0.15, 0.2) is 30.7 Å². The molecule has 0 fully saturated rings. The second-order valence-corrected chi connectivity index (χ2v) is 3.81. The first-order chi connectivity index (χ1) is 8.38. The minimum absolute atomic E-state index is 0.802. The van der Waals surface area contributed by atoms with Crippen LogP contribution in [0.4, 0.5) is 0 Å². The largest absolute Gasteiger partial charge is 0.495 e. The van der Waals surface area contributed by atoms with Gasteiger partial charge in [-0.3, -0.25) is 9.67 Å². The Balaban J connectivity index is 1.70. The monoisotopic (exact) mass is 232 g/mol. The summed E-state index contributed by atoms with van der Waals surface area (Å²) in [5.74, 6) is 0.802. The third-order valence-corrected chi connectivity index (χ3v) is 2.58. The first-order valence-corrected chi connectivity index (χ1v) is 5.71. The third kappa shape index (κ3) is 3.55. The van der Waals surface area contributed by atoms with Gasteiger partial charge in [-0.05, 0) is 31.4 Å². The lowest BCUT2D eigenvalue weighted by Crippen LogP contribution is -2.00. The molecule has 0 radical (unpaired) electrons. The van der Waals surface area contributed by atoms with Gasteiger partial charge in [-0.15, -0.1) is 5.10 Å². The van der Waals surface area contributed by atoms with E-state index >= 15 is 0 Å². The van der Waals surface area contributed by atoms with Gasteiger partial charge in [-0.25, -0.2) is 0 Å². The molecule has 0 unspecified atom stereocenters. The van der Waals surface area contributed by atoms with Gasteiger partial charge >= 0.3 is 0 Å². The van der Waals surface area contributed by atoms with E-state index in [1.807, 2.05) is 23.0 Å². The van der Waals surface area contributed by atoms with Crippen molar-refractivity contribution in [3.8, 4) is 5.75 Å². The van der Waals surface area contributed by atoms with Gasteiger partial charge in [0.1, 0.15) is 5.75 Å². The number of methoxy groups -OCH3 is 1. The maximum Gasteiger partial charge on any atom is 0.137 e. The molecular weight excluding hydrogens is 216 g/mol. The Morgan fingerprint density at radius 2 is 2.24 bits per heavy atom. The molecule has 17 heavy (non-hydrogen) atoms. The van der Waals surface area contributed by atoms with Gasteiger partial charge in [0.15, 0.2) is 0 Å². The van der Waals surface area contributed by atoms with Crippen molar-refractivity contribution in [3.63, 3.8) is 0 Å². The lowest BCUT2D eigenvalue weighted by atomic mass is 10.2. The molecule has 2 aromatic heterocycles. The van der Waals surface area contributed by atoms with Gasteiger partial charge in [0.05, 0.1) is 19.5 Å². The summed E-state index contributed by atoms with van der Waals surface area (Å²) < 4.78 is 6.91. The molecule has 90 valence electrons. The predicted octanol–water partition coefficient (Wildman–Crippen LogP) is 1.70. The van der Waals surface area contributed by atoms with E-state index in [1.54, 1.807) is 19.5 Å². The Morgan fingerprint density at radius 1 is 1.29 bits per heavy atom. The van der Waals surface area contributed by atoms with Crippen molar-refractivity contribution in [3.05, 3.63) is 36.4 Å². The highest BCUT2D eigenvalue weighted by atomic mass is 16.5. The average molecular weight is 232 g/mol. The molecule has 0 aromatic carbocycles. The van der Waals surface area contributed by atoms with Crippen molar-refractivity contribution in [1.29, 1.82) is 0 Å². The molecule has 0 saturated carbocycles. The van der Waals surface area contributed by atoms with E-state index in [1.165, 1.54) is 0 Å². The van der Waals surface area contributed by atoms with Gasteiger partial charge in [-0.2, -0.15) is 0 Å². The molecule has 0 aliphatic heterocycles. The number of hydrogen-bond acceptors (Lipinski definition) is 4. The molecule has 2 heterocycles. The maximum atomic E-state index is 5.06. The zero-order chi connectivity index (χ0) is 11.9. The van der Waals surface area contributed by atoms with E-state index < -0.39 is 0 Å². The smallest absolute Gasteiger partial charge is 0.137 e. The van der Waals surface area contributed by atoms with Crippen LogP contribution in [0.3, 0.4) is 0 Å². The first-order valence-electron chi connectivity index (χ1n) is 5.71. The van der Waals surface area contributed by atoms with Crippen molar-refractivity contribution < 1.29 is 4.74 Å². The highest BCUT2D eigenvalue weighted by Gasteiger charge is 1.97. The zero-order valence-corrected chi connectivity index (χ0v) is 9.91. The highest BCUT2D eigenvalue weighted by molar-refractivity contribution is 5.19. The van der Waals surface area contributed by atoms with E-state index in [0.717, 1.165) is 37.3 Å². The van der Waals surface area contributed by atoms with Crippen LogP contribution < -0.4 is 4.74 Å². The van der Waals surface area contributed by atoms with Crippen molar-refractivity contribution in [1.82, 2.24) is 20.0 Å². The molecule has 0 aliphatic carbocycles. The fourth-order valence-corrected chi connectivity index (χ4v) is 1.61. The van der Waals surface area contributed by atoms with Crippen LogP contribution in [-0.2, 0) is 13.0 Å². The first kappa shape index (κ1) is 11.6. The number of unbranched alkanes of at least 4 members (excludes halogenated alkanes) is 1. The Hall–Kier alpha value is -1.91. The number of aromatic nitrogens is 4. The summed E-state index contributed by atoms with van der Waals surface area (Å²) >= 11 is 0. The van der Waals surface area contributed by atoms with Crippen LogP contribution in [0, 0.1) is 0 Å². The lowest BCUT2D eigenvalue weighted by molar-refractivity contribution is 0.412. The van der Waals surface area contributed by atoms with Gasteiger partial charge < -0.3 is 4.74 Å². The summed E-state index contributed by atoms with van der Waals surface area (Å²) in [6.45, 7) is 0.913. The number of aryl methyl sites for hydroxylation is 2. The fraction of sp³-hybridized carbons (Fsp3) is 0.417. The minimum atomic E-state index is 0.802. The molecule has 2 aromatic rings. The molecule has 0 atom stereocenters. The number of ether oxygens (including phenoxy) is 1. The number of rotatable bonds is 6.